The van der Waals surface area contributed by atoms with Gasteiger partial charge in [0.25, 0.3) is 5.56 Å². The van der Waals surface area contributed by atoms with Crippen molar-refractivity contribution in [3.8, 4) is 5.75 Å². The lowest BCUT2D eigenvalue weighted by Gasteiger charge is -2.21. The van der Waals surface area contributed by atoms with Gasteiger partial charge >= 0.3 is 13.4 Å². The van der Waals surface area contributed by atoms with Crippen molar-refractivity contribution in [1.29, 1.82) is 0 Å². The van der Waals surface area contributed by atoms with Crippen LogP contribution in [0, 0.1) is 6.92 Å². The number of H-pyrrole nitrogens is 1. The average molecular weight is 500 g/mol. The maximum atomic E-state index is 13.0. The van der Waals surface area contributed by atoms with Gasteiger partial charge in [-0.2, -0.15) is 0 Å². The normalized spacial score (nSPS) is 20.1. The SMILES string of the molecule is Cc1cn(C2C=C[C@@H](COP(=O)(NCC=O)Oc3ccc(Br)cc3)O2)c(=O)[nH]c1=O. The lowest BCUT2D eigenvalue weighted by atomic mass is 10.3. The van der Waals surface area contributed by atoms with Crippen molar-refractivity contribution in [3.63, 3.8) is 0 Å². The molecule has 0 spiro atoms. The first-order valence-corrected chi connectivity index (χ1v) is 11.2. The van der Waals surface area contributed by atoms with E-state index in [2.05, 4.69) is 26.0 Å². The van der Waals surface area contributed by atoms with Crippen LogP contribution in [0.4, 0.5) is 0 Å². The molecule has 12 heteroatoms. The number of aldehydes is 1. The summed E-state index contributed by atoms with van der Waals surface area (Å²) in [6, 6.07) is 6.60. The van der Waals surface area contributed by atoms with Crippen molar-refractivity contribution >= 4 is 30.0 Å². The van der Waals surface area contributed by atoms with E-state index in [9.17, 15) is 18.9 Å². The van der Waals surface area contributed by atoms with Gasteiger partial charge in [0.2, 0.25) is 0 Å². The van der Waals surface area contributed by atoms with E-state index >= 15 is 0 Å². The second kappa shape index (κ2) is 9.67. The molecule has 0 amide bonds. The molecule has 1 aromatic heterocycles. The molecule has 30 heavy (non-hydrogen) atoms. The van der Waals surface area contributed by atoms with E-state index in [0.717, 1.165) is 4.47 Å². The third-order valence-electron chi connectivity index (χ3n) is 4.04. The van der Waals surface area contributed by atoms with E-state index in [0.29, 0.717) is 11.8 Å². The zero-order chi connectivity index (χ0) is 21.7. The van der Waals surface area contributed by atoms with Gasteiger partial charge in [-0.15, -0.1) is 0 Å². The predicted molar refractivity (Wildman–Crippen MR) is 112 cm³/mol. The number of benzene rings is 1. The topological polar surface area (TPSA) is 129 Å². The van der Waals surface area contributed by atoms with E-state index in [1.54, 1.807) is 43.3 Å². The fourth-order valence-corrected chi connectivity index (χ4v) is 4.09. The van der Waals surface area contributed by atoms with E-state index in [1.165, 1.54) is 10.8 Å². The van der Waals surface area contributed by atoms with Gasteiger partial charge in [-0.1, -0.05) is 22.0 Å². The average Bonchev–Trinajstić information content (AvgIpc) is 3.18. The van der Waals surface area contributed by atoms with E-state index in [4.69, 9.17) is 13.8 Å². The number of aryl methyl sites for hydroxylation is 1. The number of nitrogens with one attached hydrogen (secondary N) is 2. The highest BCUT2D eigenvalue weighted by molar-refractivity contribution is 9.10. The molecule has 0 aliphatic carbocycles. The van der Waals surface area contributed by atoms with Crippen LogP contribution in [-0.4, -0.2) is 35.1 Å². The third kappa shape index (κ3) is 5.65. The van der Waals surface area contributed by atoms with Gasteiger partial charge in [0.05, 0.1) is 13.2 Å². The van der Waals surface area contributed by atoms with Crippen LogP contribution in [0.5, 0.6) is 5.75 Å². The maximum absolute atomic E-state index is 13.0. The Kier molecular flexibility index (Phi) is 7.22. The minimum Gasteiger partial charge on any atom is -0.413 e. The fraction of sp³-hybridized carbons (Fsp3) is 0.278. The summed E-state index contributed by atoms with van der Waals surface area (Å²) in [5.41, 5.74) is -0.721. The smallest absolute Gasteiger partial charge is 0.413 e. The number of aromatic nitrogens is 2. The Morgan fingerprint density at radius 3 is 2.73 bits per heavy atom. The molecule has 2 aromatic rings. The Balaban J connectivity index is 1.65. The molecule has 3 rings (SSSR count). The summed E-state index contributed by atoms with van der Waals surface area (Å²) in [5, 5.41) is 2.46. The Bertz CT molecular complexity index is 1100. The molecule has 3 atom stereocenters. The van der Waals surface area contributed by atoms with Crippen molar-refractivity contribution in [2.45, 2.75) is 19.3 Å². The third-order valence-corrected chi connectivity index (χ3v) is 6.08. The number of rotatable bonds is 9. The van der Waals surface area contributed by atoms with Gasteiger partial charge in [0, 0.05) is 16.2 Å². The molecule has 1 aliphatic rings. The Morgan fingerprint density at radius 2 is 2.03 bits per heavy atom. The first kappa shape index (κ1) is 22.4. The first-order valence-electron chi connectivity index (χ1n) is 8.84. The minimum atomic E-state index is -3.87. The molecule has 0 fully saturated rings. The fourth-order valence-electron chi connectivity index (χ4n) is 2.58. The van der Waals surface area contributed by atoms with Crippen molar-refractivity contribution in [2.24, 2.45) is 0 Å². The molecule has 2 N–H and O–H groups in total. The Labute approximate surface area is 179 Å². The highest BCUT2D eigenvalue weighted by Crippen LogP contribution is 2.44. The first-order chi connectivity index (χ1) is 14.3. The molecule has 2 heterocycles. The summed E-state index contributed by atoms with van der Waals surface area (Å²) in [5.74, 6) is 0.288. The number of hydrogen-bond acceptors (Lipinski definition) is 7. The zero-order valence-electron chi connectivity index (χ0n) is 15.8. The second-order valence-electron chi connectivity index (χ2n) is 6.30. The minimum absolute atomic E-state index is 0.163. The van der Waals surface area contributed by atoms with Gasteiger partial charge in [0.1, 0.15) is 18.1 Å². The number of nitrogens with zero attached hydrogens (tertiary/aromatic N) is 1. The largest absolute Gasteiger partial charge is 0.459 e. The van der Waals surface area contributed by atoms with Crippen LogP contribution in [0.25, 0.3) is 0 Å². The Morgan fingerprint density at radius 1 is 1.30 bits per heavy atom. The molecule has 1 aliphatic heterocycles. The summed E-state index contributed by atoms with van der Waals surface area (Å²) < 4.78 is 31.6. The number of aromatic amines is 1. The second-order valence-corrected chi connectivity index (χ2v) is 8.96. The molecule has 10 nitrogen and oxygen atoms in total. The monoisotopic (exact) mass is 499 g/mol. The van der Waals surface area contributed by atoms with Crippen LogP contribution < -0.4 is 20.9 Å². The molecule has 2 unspecified atom stereocenters. The van der Waals surface area contributed by atoms with Crippen LogP contribution in [0.2, 0.25) is 0 Å². The quantitative estimate of drug-likeness (QED) is 0.304. The van der Waals surface area contributed by atoms with Crippen LogP contribution in [0.1, 0.15) is 11.8 Å². The van der Waals surface area contributed by atoms with Crippen LogP contribution >= 0.6 is 23.7 Å². The highest BCUT2D eigenvalue weighted by atomic mass is 79.9. The standard InChI is InChI=1S/C18H19BrN3O7P/c1-12-10-22(18(25)21-17(12)24)16-7-6-15(28-16)11-27-30(26,20-8-9-23)29-14-4-2-13(19)3-5-14/h2-7,9-10,15-16H,8,11H2,1H3,(H,20,26)(H,21,24,25)/t15-,16?,30?/m0/s1. The summed E-state index contributed by atoms with van der Waals surface area (Å²) in [6.07, 6.45) is 3.80. The van der Waals surface area contributed by atoms with Gasteiger partial charge in [0.15, 0.2) is 6.23 Å². The molecule has 0 saturated carbocycles. The molecular formula is C18H19BrN3O7P. The van der Waals surface area contributed by atoms with Crippen molar-refractivity contribution in [3.05, 3.63) is 73.5 Å². The number of carbonyl (C=O) groups is 1. The van der Waals surface area contributed by atoms with E-state index < -0.39 is 31.3 Å². The van der Waals surface area contributed by atoms with E-state index in [1.807, 2.05) is 0 Å². The van der Waals surface area contributed by atoms with Gasteiger partial charge in [-0.05, 0) is 37.3 Å². The van der Waals surface area contributed by atoms with Crippen LogP contribution in [0.15, 0.2) is 56.7 Å². The lowest BCUT2D eigenvalue weighted by Crippen LogP contribution is -2.33. The summed E-state index contributed by atoms with van der Waals surface area (Å²) in [6.45, 7) is 1.18. The summed E-state index contributed by atoms with van der Waals surface area (Å²) in [7, 11) is -3.87. The van der Waals surface area contributed by atoms with Crippen molar-refractivity contribution < 1.29 is 23.1 Å². The highest BCUT2D eigenvalue weighted by Gasteiger charge is 2.30. The number of hydrogen-bond donors (Lipinski definition) is 2. The molecule has 0 bridgehead atoms. The van der Waals surface area contributed by atoms with Crippen molar-refractivity contribution in [2.75, 3.05) is 13.2 Å². The predicted octanol–water partition coefficient (Wildman–Crippen LogP) is 2.05. The summed E-state index contributed by atoms with van der Waals surface area (Å²) in [4.78, 5) is 36.4. The molecule has 1 aromatic carbocycles. The molecule has 0 saturated heterocycles. The molecule has 0 radical (unpaired) electrons. The lowest BCUT2D eigenvalue weighted by molar-refractivity contribution is -0.107. The summed E-state index contributed by atoms with van der Waals surface area (Å²) >= 11 is 3.29. The Hall–Kier alpha value is -2.30. The van der Waals surface area contributed by atoms with Gasteiger partial charge in [-0.25, -0.2) is 14.4 Å². The number of halogens is 1. The van der Waals surface area contributed by atoms with Crippen molar-refractivity contribution in [1.82, 2.24) is 14.6 Å². The maximum Gasteiger partial charge on any atom is 0.459 e. The van der Waals surface area contributed by atoms with Gasteiger partial charge < -0.3 is 14.1 Å². The van der Waals surface area contributed by atoms with E-state index in [-0.39, 0.29) is 18.9 Å². The number of ether oxygens (including phenoxy) is 1. The van der Waals surface area contributed by atoms with Crippen LogP contribution in [-0.2, 0) is 18.6 Å². The molecular weight excluding hydrogens is 481 g/mol. The van der Waals surface area contributed by atoms with Gasteiger partial charge in [-0.3, -0.25) is 18.9 Å². The van der Waals surface area contributed by atoms with Crippen LogP contribution in [0.3, 0.4) is 0 Å². The number of carbonyl (C=O) groups excluding carboxylic acids is 1. The zero-order valence-corrected chi connectivity index (χ0v) is 18.3. The molecule has 160 valence electrons.